The van der Waals surface area contributed by atoms with Gasteiger partial charge in [-0.05, 0) is 6.07 Å². The van der Waals surface area contributed by atoms with Crippen molar-refractivity contribution in [3.8, 4) is 5.75 Å². The number of carbonyl (C=O) groups is 1. The number of hydrogen-bond acceptors (Lipinski definition) is 5. The van der Waals surface area contributed by atoms with Crippen LogP contribution >= 0.6 is 0 Å². The molecule has 74 valence electrons. The Morgan fingerprint density at radius 2 is 2.36 bits per heavy atom. The summed E-state index contributed by atoms with van der Waals surface area (Å²) in [5.41, 5.74) is 2.89. The van der Waals surface area contributed by atoms with Crippen LogP contribution in [0, 0.1) is 5.82 Å². The van der Waals surface area contributed by atoms with E-state index in [-0.39, 0.29) is 18.0 Å². The Morgan fingerprint density at radius 3 is 3.07 bits per heavy atom. The summed E-state index contributed by atoms with van der Waals surface area (Å²) in [5.74, 6) is 4.26. The van der Waals surface area contributed by atoms with Gasteiger partial charge in [-0.15, -0.1) is 0 Å². The quantitative estimate of drug-likeness (QED) is 0.263. The molecular weight excluding hydrogens is 189 g/mol. The Labute approximate surface area is 79.0 Å². The molecule has 0 spiro atoms. The van der Waals surface area contributed by atoms with Gasteiger partial charge in [0.05, 0.1) is 11.4 Å². The van der Waals surface area contributed by atoms with Crippen LogP contribution in [0.15, 0.2) is 12.1 Å². The van der Waals surface area contributed by atoms with E-state index in [0.29, 0.717) is 5.69 Å². The van der Waals surface area contributed by atoms with Crippen LogP contribution in [-0.4, -0.2) is 12.5 Å². The van der Waals surface area contributed by atoms with Gasteiger partial charge in [-0.25, -0.2) is 9.18 Å². The number of rotatable bonds is 1. The number of anilines is 2. The molecule has 0 saturated carbocycles. The SMILES string of the molecule is NNc1cc2c(cc1F)OC(=O)CN2. The number of carbonyl (C=O) groups excluding carboxylic acids is 1. The molecule has 6 heteroatoms. The lowest BCUT2D eigenvalue weighted by atomic mass is 10.2. The first-order valence-electron chi connectivity index (χ1n) is 3.95. The van der Waals surface area contributed by atoms with E-state index in [1.807, 2.05) is 0 Å². The van der Waals surface area contributed by atoms with Crippen molar-refractivity contribution >= 4 is 17.3 Å². The van der Waals surface area contributed by atoms with Crippen molar-refractivity contribution in [3.05, 3.63) is 17.9 Å². The summed E-state index contributed by atoms with van der Waals surface area (Å²) in [4.78, 5) is 10.8. The number of halogens is 1. The summed E-state index contributed by atoms with van der Waals surface area (Å²) in [6, 6.07) is 2.55. The van der Waals surface area contributed by atoms with Gasteiger partial charge in [-0.3, -0.25) is 5.84 Å². The highest BCUT2D eigenvalue weighted by Gasteiger charge is 2.18. The van der Waals surface area contributed by atoms with Gasteiger partial charge in [-0.1, -0.05) is 0 Å². The maximum Gasteiger partial charge on any atom is 0.330 e. The second-order valence-electron chi connectivity index (χ2n) is 2.80. The number of hydrazine groups is 1. The summed E-state index contributed by atoms with van der Waals surface area (Å²) in [6.07, 6.45) is 0. The maximum absolute atomic E-state index is 13.1. The van der Waals surface area contributed by atoms with Gasteiger partial charge in [0.15, 0.2) is 11.6 Å². The Morgan fingerprint density at radius 1 is 1.57 bits per heavy atom. The van der Waals surface area contributed by atoms with Crippen molar-refractivity contribution in [2.45, 2.75) is 0 Å². The summed E-state index contributed by atoms with van der Waals surface area (Å²) >= 11 is 0. The first kappa shape index (κ1) is 8.76. The molecule has 0 aliphatic carbocycles. The van der Waals surface area contributed by atoms with Crippen LogP contribution in [0.25, 0.3) is 0 Å². The number of hydrogen-bond donors (Lipinski definition) is 3. The molecule has 0 atom stereocenters. The van der Waals surface area contributed by atoms with Crippen molar-refractivity contribution in [2.75, 3.05) is 17.3 Å². The molecule has 0 unspecified atom stereocenters. The average Bonchev–Trinajstić information content (AvgIpc) is 2.16. The molecule has 0 radical (unpaired) electrons. The van der Waals surface area contributed by atoms with E-state index in [0.717, 1.165) is 6.07 Å². The second-order valence-corrected chi connectivity index (χ2v) is 2.80. The zero-order valence-electron chi connectivity index (χ0n) is 7.13. The smallest absolute Gasteiger partial charge is 0.330 e. The lowest BCUT2D eigenvalue weighted by Crippen LogP contribution is -2.25. The number of esters is 1. The third-order valence-electron chi connectivity index (χ3n) is 1.87. The van der Waals surface area contributed by atoms with Crippen LogP contribution in [0.5, 0.6) is 5.75 Å². The molecule has 0 bridgehead atoms. The van der Waals surface area contributed by atoms with Crippen molar-refractivity contribution in [1.29, 1.82) is 0 Å². The van der Waals surface area contributed by atoms with E-state index in [4.69, 9.17) is 10.6 Å². The minimum absolute atomic E-state index is 0.0721. The van der Waals surface area contributed by atoms with Gasteiger partial charge >= 0.3 is 5.97 Å². The van der Waals surface area contributed by atoms with Gasteiger partial charge in [0, 0.05) is 6.07 Å². The largest absolute Gasteiger partial charge is 0.423 e. The van der Waals surface area contributed by atoms with Gasteiger partial charge in [0.25, 0.3) is 0 Å². The second kappa shape index (κ2) is 3.15. The van der Waals surface area contributed by atoms with Crippen molar-refractivity contribution in [1.82, 2.24) is 0 Å². The van der Waals surface area contributed by atoms with Crippen LogP contribution < -0.4 is 21.3 Å². The standard InChI is InChI=1S/C8H8FN3O2/c9-4-1-7-6(2-5(4)12-10)11-3-8(13)14-7/h1-2,11-12H,3,10H2. The zero-order valence-corrected chi connectivity index (χ0v) is 7.13. The van der Waals surface area contributed by atoms with Crippen LogP contribution in [0.1, 0.15) is 0 Å². The maximum atomic E-state index is 13.1. The first-order chi connectivity index (χ1) is 6.70. The fourth-order valence-corrected chi connectivity index (χ4v) is 1.21. The van der Waals surface area contributed by atoms with E-state index in [9.17, 15) is 9.18 Å². The molecule has 1 aromatic carbocycles. The lowest BCUT2D eigenvalue weighted by molar-refractivity contribution is -0.132. The minimum atomic E-state index is -0.567. The molecule has 1 aliphatic rings. The Kier molecular flexibility index (Phi) is 1.97. The average molecular weight is 197 g/mol. The van der Waals surface area contributed by atoms with Gasteiger partial charge in [0.2, 0.25) is 0 Å². The summed E-state index contributed by atoms with van der Waals surface area (Å²) in [7, 11) is 0. The number of nitrogens with one attached hydrogen (secondary N) is 2. The highest BCUT2D eigenvalue weighted by atomic mass is 19.1. The minimum Gasteiger partial charge on any atom is -0.423 e. The normalized spacial score (nSPS) is 14.0. The van der Waals surface area contributed by atoms with Crippen LogP contribution in [0.3, 0.4) is 0 Å². The third-order valence-corrected chi connectivity index (χ3v) is 1.87. The molecule has 4 N–H and O–H groups in total. The molecule has 1 aromatic rings. The first-order valence-corrected chi connectivity index (χ1v) is 3.95. The molecule has 5 nitrogen and oxygen atoms in total. The number of fused-ring (bicyclic) bond motifs is 1. The van der Waals surface area contributed by atoms with Crippen molar-refractivity contribution in [3.63, 3.8) is 0 Å². The number of nitrogen functional groups attached to an aromatic ring is 1. The fraction of sp³-hybridized carbons (Fsp3) is 0.125. The zero-order chi connectivity index (χ0) is 10.1. The van der Waals surface area contributed by atoms with E-state index in [1.54, 1.807) is 0 Å². The summed E-state index contributed by atoms with van der Waals surface area (Å²) < 4.78 is 17.9. The number of nitrogens with two attached hydrogens (primary N) is 1. The molecule has 0 saturated heterocycles. The van der Waals surface area contributed by atoms with E-state index in [1.165, 1.54) is 6.07 Å². The summed E-state index contributed by atoms with van der Waals surface area (Å²) in [5, 5.41) is 2.78. The van der Waals surface area contributed by atoms with Crippen molar-refractivity contribution < 1.29 is 13.9 Å². The third kappa shape index (κ3) is 1.35. The van der Waals surface area contributed by atoms with E-state index >= 15 is 0 Å². The molecule has 14 heavy (non-hydrogen) atoms. The van der Waals surface area contributed by atoms with Gasteiger partial charge in [-0.2, -0.15) is 0 Å². The van der Waals surface area contributed by atoms with Crippen LogP contribution in [0.2, 0.25) is 0 Å². The molecule has 1 heterocycles. The Bertz CT molecular complexity index is 394. The van der Waals surface area contributed by atoms with Gasteiger partial charge < -0.3 is 15.5 Å². The highest BCUT2D eigenvalue weighted by Crippen LogP contribution is 2.32. The monoisotopic (exact) mass is 197 g/mol. The predicted octanol–water partition coefficient (Wildman–Crippen LogP) is 0.442. The topological polar surface area (TPSA) is 76.4 Å². The Balaban J connectivity index is 2.45. The molecule has 0 aromatic heterocycles. The molecule has 1 aliphatic heterocycles. The summed E-state index contributed by atoms with van der Waals surface area (Å²) in [6.45, 7) is 0.0721. The van der Waals surface area contributed by atoms with E-state index in [2.05, 4.69) is 10.7 Å². The number of benzene rings is 1. The Hall–Kier alpha value is -1.82. The van der Waals surface area contributed by atoms with Crippen molar-refractivity contribution in [2.24, 2.45) is 5.84 Å². The van der Waals surface area contributed by atoms with E-state index < -0.39 is 11.8 Å². The lowest BCUT2D eigenvalue weighted by Gasteiger charge is -2.18. The van der Waals surface area contributed by atoms with Gasteiger partial charge in [0.1, 0.15) is 6.54 Å². The fourth-order valence-electron chi connectivity index (χ4n) is 1.21. The molecule has 0 amide bonds. The van der Waals surface area contributed by atoms with Crippen LogP contribution in [-0.2, 0) is 4.79 Å². The predicted molar refractivity (Wildman–Crippen MR) is 48.3 cm³/mol. The molecule has 2 rings (SSSR count). The highest BCUT2D eigenvalue weighted by molar-refractivity contribution is 5.84. The number of ether oxygens (including phenoxy) is 1. The molecular formula is C8H8FN3O2. The van der Waals surface area contributed by atoms with Crippen LogP contribution in [0.4, 0.5) is 15.8 Å². The molecule has 0 fully saturated rings.